The normalized spacial score (nSPS) is 11.6. The summed E-state index contributed by atoms with van der Waals surface area (Å²) < 4.78 is 8.79. The number of benzene rings is 1. The molecule has 2 aliphatic rings. The van der Waals surface area contributed by atoms with Crippen molar-refractivity contribution in [2.45, 2.75) is 74.3 Å². The van der Waals surface area contributed by atoms with Crippen LogP contribution in [0.5, 0.6) is 5.75 Å². The Morgan fingerprint density at radius 3 is 2.07 bits per heavy atom. The number of hydrogen-bond acceptors (Lipinski definition) is 2. The van der Waals surface area contributed by atoms with Gasteiger partial charge in [0.15, 0.2) is 0 Å². The van der Waals surface area contributed by atoms with Crippen LogP contribution in [-0.2, 0) is 0 Å². The second-order valence-electron chi connectivity index (χ2n) is 7.81. The molecule has 1 aromatic rings. The van der Waals surface area contributed by atoms with E-state index in [9.17, 15) is 0 Å². The summed E-state index contributed by atoms with van der Waals surface area (Å²) in [5, 5.41) is 0. The zero-order chi connectivity index (χ0) is 19.9. The lowest BCUT2D eigenvalue weighted by molar-refractivity contribution is 0.192. The molecule has 0 radical (unpaired) electrons. The fraction of sp³-hybridized carbons (Fsp3) is 0.458. The molecule has 0 saturated carbocycles. The van der Waals surface area contributed by atoms with E-state index in [0.717, 1.165) is 35.7 Å². The van der Waals surface area contributed by atoms with E-state index in [0.29, 0.717) is 0 Å². The van der Waals surface area contributed by atoms with Crippen LogP contribution in [0.2, 0.25) is 0 Å². The number of aryl methyl sites for hydroxylation is 4. The Kier molecular flexibility index (Phi) is 5.32. The Morgan fingerprint density at radius 2 is 1.52 bits per heavy atom. The minimum absolute atomic E-state index is 0.236. The molecule has 0 aliphatic carbocycles. The zero-order valence-electron chi connectivity index (χ0n) is 18.0. The van der Waals surface area contributed by atoms with Crippen molar-refractivity contribution in [1.29, 1.82) is 0 Å². The molecule has 0 N–H and O–H groups in total. The summed E-state index contributed by atoms with van der Waals surface area (Å²) in [6.07, 6.45) is 2.25. The Morgan fingerprint density at radius 1 is 0.926 bits per heavy atom. The smallest absolute Gasteiger partial charge is 0.148 e. The molecule has 0 saturated heterocycles. The predicted octanol–water partition coefficient (Wildman–Crippen LogP) is 6.40. The fourth-order valence-corrected chi connectivity index (χ4v) is 4.14. The lowest BCUT2D eigenvalue weighted by Crippen LogP contribution is -2.18. The molecule has 0 unspecified atom stereocenters. The van der Waals surface area contributed by atoms with Crippen molar-refractivity contribution in [3.8, 4) is 22.8 Å². The van der Waals surface area contributed by atoms with Gasteiger partial charge in [-0.2, -0.15) is 0 Å². The van der Waals surface area contributed by atoms with Crippen LogP contribution in [0.3, 0.4) is 0 Å². The number of fused-ring (bicyclic) bond motifs is 1. The van der Waals surface area contributed by atoms with E-state index < -0.39 is 0 Å². The average Bonchev–Trinajstić information content (AvgIpc) is 2.98. The van der Waals surface area contributed by atoms with E-state index in [4.69, 9.17) is 9.72 Å². The quantitative estimate of drug-likeness (QED) is 0.524. The van der Waals surface area contributed by atoms with Crippen molar-refractivity contribution in [2.75, 3.05) is 0 Å². The molecule has 0 fully saturated rings. The Bertz CT molecular complexity index is 925. The topological polar surface area (TPSA) is 27.1 Å². The van der Waals surface area contributed by atoms with Crippen LogP contribution in [0.4, 0.5) is 0 Å². The number of rotatable bonds is 5. The molecule has 3 nitrogen and oxygen atoms in total. The summed E-state index contributed by atoms with van der Waals surface area (Å²) in [6.45, 7) is 17.3. The first-order chi connectivity index (χ1) is 12.8. The molecule has 0 atom stereocenters. The highest BCUT2D eigenvalue weighted by atomic mass is 16.5. The minimum Gasteiger partial charge on any atom is -0.489 e. The lowest BCUT2D eigenvalue weighted by Gasteiger charge is -2.26. The van der Waals surface area contributed by atoms with Crippen LogP contribution in [0.1, 0.15) is 60.3 Å². The van der Waals surface area contributed by atoms with E-state index in [1.807, 2.05) is 0 Å². The Labute approximate surface area is 163 Å². The van der Waals surface area contributed by atoms with Crippen LogP contribution in [0.15, 0.2) is 18.2 Å². The maximum Gasteiger partial charge on any atom is 0.148 e. The number of pyridine rings is 1. The van der Waals surface area contributed by atoms with Crippen molar-refractivity contribution in [3.63, 3.8) is 0 Å². The van der Waals surface area contributed by atoms with Gasteiger partial charge in [0, 0.05) is 17.0 Å². The highest BCUT2D eigenvalue weighted by Crippen LogP contribution is 2.41. The van der Waals surface area contributed by atoms with E-state index >= 15 is 0 Å². The Balaban J connectivity index is 2.33. The van der Waals surface area contributed by atoms with Gasteiger partial charge in [0.1, 0.15) is 11.6 Å². The van der Waals surface area contributed by atoms with E-state index in [1.165, 1.54) is 33.6 Å². The van der Waals surface area contributed by atoms with Crippen molar-refractivity contribution in [3.05, 3.63) is 51.8 Å². The van der Waals surface area contributed by atoms with E-state index in [-0.39, 0.29) is 6.10 Å². The van der Waals surface area contributed by atoms with Crippen molar-refractivity contribution in [1.82, 2.24) is 9.55 Å². The summed E-state index contributed by atoms with van der Waals surface area (Å²) in [4.78, 5) is 4.90. The van der Waals surface area contributed by atoms with Gasteiger partial charge in [0.25, 0.3) is 0 Å². The van der Waals surface area contributed by atoms with Crippen molar-refractivity contribution >= 4 is 0 Å². The maximum atomic E-state index is 6.47. The predicted molar refractivity (Wildman–Crippen MR) is 114 cm³/mol. The van der Waals surface area contributed by atoms with Crippen LogP contribution in [0.25, 0.3) is 17.1 Å². The van der Waals surface area contributed by atoms with Crippen molar-refractivity contribution < 1.29 is 4.74 Å². The molecular weight excluding hydrogens is 332 g/mol. The highest BCUT2D eigenvalue weighted by molar-refractivity contribution is 5.74. The van der Waals surface area contributed by atoms with Crippen LogP contribution in [0, 0.1) is 41.5 Å². The van der Waals surface area contributed by atoms with Gasteiger partial charge in [-0.15, -0.1) is 0 Å². The average molecular weight is 365 g/mol. The third-order valence-electron chi connectivity index (χ3n) is 5.61. The van der Waals surface area contributed by atoms with E-state index in [2.05, 4.69) is 78.2 Å². The molecule has 1 aromatic carbocycles. The van der Waals surface area contributed by atoms with Crippen LogP contribution in [-0.4, -0.2) is 15.7 Å². The third kappa shape index (κ3) is 3.36. The number of hydrogen-bond donors (Lipinski definition) is 0. The second kappa shape index (κ2) is 7.38. The molecule has 0 bridgehead atoms. The third-order valence-corrected chi connectivity index (χ3v) is 5.61. The van der Waals surface area contributed by atoms with Crippen LogP contribution >= 0.6 is 0 Å². The minimum atomic E-state index is 0.236. The van der Waals surface area contributed by atoms with Gasteiger partial charge >= 0.3 is 0 Å². The number of aromatic nitrogens is 2. The fourth-order valence-electron chi connectivity index (χ4n) is 4.14. The lowest BCUT2D eigenvalue weighted by atomic mass is 10.0. The van der Waals surface area contributed by atoms with Gasteiger partial charge in [-0.05, 0) is 71.6 Å². The molecule has 144 valence electrons. The first-order valence-corrected chi connectivity index (χ1v) is 10.0. The van der Waals surface area contributed by atoms with Gasteiger partial charge in [-0.25, -0.2) is 4.98 Å². The molecule has 3 rings (SSSR count). The second-order valence-corrected chi connectivity index (χ2v) is 7.81. The van der Waals surface area contributed by atoms with Gasteiger partial charge < -0.3 is 4.74 Å². The maximum absolute atomic E-state index is 6.47. The molecule has 0 spiro atoms. The van der Waals surface area contributed by atoms with E-state index in [1.54, 1.807) is 0 Å². The number of nitrogens with zero attached hydrogens (tertiary/aromatic N) is 2. The highest BCUT2D eigenvalue weighted by Gasteiger charge is 2.25. The summed E-state index contributed by atoms with van der Waals surface area (Å²) in [5.74, 6) is 1.99. The largest absolute Gasteiger partial charge is 0.489 e. The van der Waals surface area contributed by atoms with Crippen molar-refractivity contribution in [2.24, 2.45) is 0 Å². The molecule has 2 aliphatic heterocycles. The van der Waals surface area contributed by atoms with Gasteiger partial charge in [-0.3, -0.25) is 4.57 Å². The van der Waals surface area contributed by atoms with Gasteiger partial charge in [0.05, 0.1) is 17.4 Å². The molecular formula is C24H32N2O. The summed E-state index contributed by atoms with van der Waals surface area (Å²) >= 11 is 0. The summed E-state index contributed by atoms with van der Waals surface area (Å²) in [7, 11) is 0. The zero-order valence-corrected chi connectivity index (χ0v) is 18.0. The first-order valence-electron chi connectivity index (χ1n) is 10.0. The first kappa shape index (κ1) is 19.5. The SMILES string of the molecule is CCC(CC)Oc1c2cc(C)nc-2n(-c2c(C)cc(C)cc2C)c(C)c1C. The monoisotopic (exact) mass is 364 g/mol. The molecule has 0 amide bonds. The van der Waals surface area contributed by atoms with Crippen LogP contribution < -0.4 is 4.74 Å². The van der Waals surface area contributed by atoms with Gasteiger partial charge in [-0.1, -0.05) is 31.5 Å². The molecule has 3 heteroatoms. The molecule has 0 aromatic heterocycles. The molecule has 2 heterocycles. The van der Waals surface area contributed by atoms with Gasteiger partial charge in [0.2, 0.25) is 0 Å². The summed E-state index contributed by atoms with van der Waals surface area (Å²) in [5.41, 5.74) is 9.60. The summed E-state index contributed by atoms with van der Waals surface area (Å²) in [6, 6.07) is 6.66. The number of ether oxygens (including phenoxy) is 1. The Hall–Kier alpha value is -2.29. The standard InChI is InChI=1S/C24H32N2O/c1-9-20(10-2)27-23-18(7)19(8)26(24-21(23)13-17(6)25-24)22-15(4)11-14(3)12-16(22)5/h11-13,20H,9-10H2,1-8H3. The molecule has 27 heavy (non-hydrogen) atoms.